The van der Waals surface area contributed by atoms with Gasteiger partial charge in [0.2, 0.25) is 0 Å². The van der Waals surface area contributed by atoms with Crippen LogP contribution in [0.4, 0.5) is 4.39 Å². The Morgan fingerprint density at radius 3 is 2.67 bits per heavy atom. The summed E-state index contributed by atoms with van der Waals surface area (Å²) >= 11 is 0. The minimum absolute atomic E-state index is 0.0270. The van der Waals surface area contributed by atoms with Gasteiger partial charge in [-0.1, -0.05) is 18.2 Å². The molecule has 0 amide bonds. The third kappa shape index (κ3) is 3.22. The van der Waals surface area contributed by atoms with Crippen LogP contribution in [0.25, 0.3) is 11.1 Å². The van der Waals surface area contributed by atoms with Crippen molar-refractivity contribution in [2.24, 2.45) is 5.92 Å². The van der Waals surface area contributed by atoms with Gasteiger partial charge in [-0.15, -0.1) is 0 Å². The van der Waals surface area contributed by atoms with E-state index in [0.717, 1.165) is 11.1 Å². The molecule has 1 spiro atoms. The number of carbonyl (C=O) groups excluding carboxylic acids is 1. The zero-order chi connectivity index (χ0) is 18.9. The van der Waals surface area contributed by atoms with E-state index in [2.05, 4.69) is 6.07 Å². The average Bonchev–Trinajstić information content (AvgIpc) is 2.68. The lowest BCUT2D eigenvalue weighted by Gasteiger charge is -2.46. The zero-order valence-electron chi connectivity index (χ0n) is 14.9. The highest BCUT2D eigenvalue weighted by Gasteiger charge is 2.50. The molecule has 0 aromatic heterocycles. The molecule has 0 radical (unpaired) electrons. The molecule has 2 heterocycles. The van der Waals surface area contributed by atoms with E-state index in [1.54, 1.807) is 12.1 Å². The monoisotopic (exact) mass is 365 g/mol. The summed E-state index contributed by atoms with van der Waals surface area (Å²) in [4.78, 5) is 13.2. The molecule has 0 bridgehead atoms. The van der Waals surface area contributed by atoms with Crippen LogP contribution in [0.1, 0.15) is 36.0 Å². The van der Waals surface area contributed by atoms with Crippen molar-refractivity contribution in [1.82, 2.24) is 0 Å². The van der Waals surface area contributed by atoms with Crippen LogP contribution in [0.3, 0.4) is 0 Å². The van der Waals surface area contributed by atoms with Gasteiger partial charge in [0.1, 0.15) is 17.2 Å². The topological polar surface area (TPSA) is 59.3 Å². The number of hydrogen-bond donors (Lipinski definition) is 0. The molecule has 2 aliphatic rings. The summed E-state index contributed by atoms with van der Waals surface area (Å²) < 4.78 is 25.5. The zero-order valence-corrected chi connectivity index (χ0v) is 14.9. The van der Waals surface area contributed by atoms with Crippen LogP contribution in [0.15, 0.2) is 42.5 Å². The smallest absolute Gasteiger partial charge is 0.173 e. The minimum Gasteiger partial charge on any atom is -0.486 e. The van der Waals surface area contributed by atoms with E-state index in [1.807, 2.05) is 18.2 Å². The Balaban J connectivity index is 1.75. The molecule has 1 saturated heterocycles. The number of rotatable bonds is 3. The Morgan fingerprint density at radius 2 is 1.93 bits per heavy atom. The number of hydrogen-bond acceptors (Lipinski definition) is 4. The van der Waals surface area contributed by atoms with Crippen molar-refractivity contribution in [2.45, 2.75) is 31.3 Å². The molecule has 4 nitrogen and oxygen atoms in total. The molecule has 0 aliphatic carbocycles. The fraction of sp³-hybridized carbons (Fsp3) is 0.364. The van der Waals surface area contributed by atoms with Crippen molar-refractivity contribution in [3.63, 3.8) is 0 Å². The average molecular weight is 365 g/mol. The van der Waals surface area contributed by atoms with E-state index >= 15 is 0 Å². The fourth-order valence-electron chi connectivity index (χ4n) is 4.15. The maximum atomic E-state index is 13.6. The first-order chi connectivity index (χ1) is 13.1. The molecule has 5 heteroatoms. The van der Waals surface area contributed by atoms with Crippen molar-refractivity contribution in [1.29, 1.82) is 5.26 Å². The fourth-order valence-corrected chi connectivity index (χ4v) is 4.15. The molecule has 138 valence electrons. The first kappa shape index (κ1) is 17.7. The molecule has 0 N–H and O–H groups in total. The third-order valence-corrected chi connectivity index (χ3v) is 5.55. The van der Waals surface area contributed by atoms with Crippen LogP contribution >= 0.6 is 0 Å². The van der Waals surface area contributed by atoms with Gasteiger partial charge in [-0.3, -0.25) is 4.79 Å². The second kappa shape index (κ2) is 7.13. The number of ketones is 1. The normalized spacial score (nSPS) is 20.6. The van der Waals surface area contributed by atoms with Gasteiger partial charge in [0.15, 0.2) is 5.78 Å². The summed E-state index contributed by atoms with van der Waals surface area (Å²) in [6.07, 6.45) is 2.05. The molecule has 4 rings (SSSR count). The largest absolute Gasteiger partial charge is 0.486 e. The molecule has 1 fully saturated rings. The van der Waals surface area contributed by atoms with E-state index in [0.29, 0.717) is 50.2 Å². The van der Waals surface area contributed by atoms with Crippen LogP contribution < -0.4 is 4.74 Å². The van der Waals surface area contributed by atoms with Gasteiger partial charge in [-0.05, 0) is 41.8 Å². The van der Waals surface area contributed by atoms with Crippen molar-refractivity contribution >= 4 is 5.78 Å². The van der Waals surface area contributed by atoms with Crippen LogP contribution in [-0.4, -0.2) is 24.6 Å². The van der Waals surface area contributed by atoms with Crippen molar-refractivity contribution < 1.29 is 18.7 Å². The van der Waals surface area contributed by atoms with Crippen LogP contribution in [0.5, 0.6) is 5.75 Å². The second-order valence-corrected chi connectivity index (χ2v) is 7.11. The summed E-state index contributed by atoms with van der Waals surface area (Å²) in [6, 6.07) is 13.9. The van der Waals surface area contributed by atoms with E-state index < -0.39 is 5.60 Å². The summed E-state index contributed by atoms with van der Waals surface area (Å²) in [5.74, 6) is -0.0793. The van der Waals surface area contributed by atoms with E-state index in [1.165, 1.54) is 12.1 Å². The standard InChI is InChI=1S/C22H20FNO3/c23-17-4-1-3-15(13-17)16-6-7-18-20(14-16)27-22(8-11-26-12-9-22)19(21(18)25)5-2-10-24/h1,3-4,6-7,13-14,19H,2,5,8-9,11-12H2. The third-order valence-electron chi connectivity index (χ3n) is 5.55. The predicted molar refractivity (Wildman–Crippen MR) is 97.9 cm³/mol. The van der Waals surface area contributed by atoms with E-state index in [9.17, 15) is 9.18 Å². The first-order valence-electron chi connectivity index (χ1n) is 9.21. The summed E-state index contributed by atoms with van der Waals surface area (Å²) in [5.41, 5.74) is 1.45. The van der Waals surface area contributed by atoms with Gasteiger partial charge in [0, 0.05) is 19.3 Å². The summed E-state index contributed by atoms with van der Waals surface area (Å²) in [7, 11) is 0. The lowest BCUT2D eigenvalue weighted by Crippen LogP contribution is -2.53. The second-order valence-electron chi connectivity index (χ2n) is 7.11. The van der Waals surface area contributed by atoms with Gasteiger partial charge in [0.25, 0.3) is 0 Å². The molecule has 27 heavy (non-hydrogen) atoms. The van der Waals surface area contributed by atoms with Gasteiger partial charge < -0.3 is 9.47 Å². The molecule has 2 aromatic carbocycles. The molecule has 1 unspecified atom stereocenters. The Kier molecular flexibility index (Phi) is 4.67. The predicted octanol–water partition coefficient (Wildman–Crippen LogP) is 4.54. The van der Waals surface area contributed by atoms with Gasteiger partial charge >= 0.3 is 0 Å². The maximum Gasteiger partial charge on any atom is 0.173 e. The van der Waals surface area contributed by atoms with Crippen molar-refractivity contribution in [3.8, 4) is 22.9 Å². The Labute approximate surface area is 157 Å². The molecule has 2 aliphatic heterocycles. The van der Waals surface area contributed by atoms with Crippen LogP contribution in [-0.2, 0) is 4.74 Å². The summed E-state index contributed by atoms with van der Waals surface area (Å²) in [6.45, 7) is 1.07. The number of ether oxygens (including phenoxy) is 2. The SMILES string of the molecule is N#CCCC1C(=O)c2ccc(-c3cccc(F)c3)cc2OC12CCOCC2. The summed E-state index contributed by atoms with van der Waals surface area (Å²) in [5, 5.41) is 8.99. The maximum absolute atomic E-state index is 13.6. The first-order valence-corrected chi connectivity index (χ1v) is 9.21. The van der Waals surface area contributed by atoms with Gasteiger partial charge in [-0.25, -0.2) is 4.39 Å². The highest BCUT2D eigenvalue weighted by atomic mass is 19.1. The van der Waals surface area contributed by atoms with Crippen LogP contribution in [0, 0.1) is 23.1 Å². The number of benzene rings is 2. The number of halogens is 1. The Bertz CT molecular complexity index is 912. The molecule has 0 saturated carbocycles. The van der Waals surface area contributed by atoms with E-state index in [-0.39, 0.29) is 17.5 Å². The van der Waals surface area contributed by atoms with Gasteiger partial charge in [-0.2, -0.15) is 5.26 Å². The van der Waals surface area contributed by atoms with Crippen molar-refractivity contribution in [3.05, 3.63) is 53.8 Å². The minimum atomic E-state index is -0.625. The molecular formula is C22H20FNO3. The number of nitriles is 1. The highest BCUT2D eigenvalue weighted by molar-refractivity contribution is 6.02. The number of fused-ring (bicyclic) bond motifs is 1. The van der Waals surface area contributed by atoms with Gasteiger partial charge in [0.05, 0.1) is 30.8 Å². The Hall–Kier alpha value is -2.71. The van der Waals surface area contributed by atoms with E-state index in [4.69, 9.17) is 14.7 Å². The van der Waals surface area contributed by atoms with Crippen LogP contribution in [0.2, 0.25) is 0 Å². The number of nitrogens with zero attached hydrogens (tertiary/aromatic N) is 1. The number of Topliss-reactive ketones (excluding diaryl/α,β-unsaturated/α-hetero) is 1. The molecule has 1 atom stereocenters. The lowest BCUT2D eigenvalue weighted by molar-refractivity contribution is -0.0790. The number of carbonyl (C=O) groups is 1. The quantitative estimate of drug-likeness (QED) is 0.801. The lowest BCUT2D eigenvalue weighted by atomic mass is 9.72. The molecular weight excluding hydrogens is 345 g/mol. The van der Waals surface area contributed by atoms with Crippen molar-refractivity contribution in [2.75, 3.05) is 13.2 Å². The Morgan fingerprint density at radius 1 is 1.15 bits per heavy atom. The molecule has 2 aromatic rings. The highest BCUT2D eigenvalue weighted by Crippen LogP contribution is 2.45.